The number of rotatable bonds is 8. The molecule has 164 valence electrons. The van der Waals surface area contributed by atoms with Gasteiger partial charge in [0.05, 0.1) is 24.1 Å². The molecule has 0 saturated carbocycles. The minimum atomic E-state index is -4.54. The molecule has 0 unspecified atom stereocenters. The van der Waals surface area contributed by atoms with E-state index in [1.54, 1.807) is 0 Å². The maximum absolute atomic E-state index is 12.7. The topological polar surface area (TPSA) is 75.7 Å². The first-order valence-electron chi connectivity index (χ1n) is 8.99. The number of aryl methyl sites for hydroxylation is 2. The van der Waals surface area contributed by atoms with Crippen molar-refractivity contribution in [2.45, 2.75) is 20.0 Å². The molecule has 0 radical (unpaired) electrons. The Balaban J connectivity index is 1.96. The van der Waals surface area contributed by atoms with Crippen LogP contribution < -0.4 is 14.4 Å². The van der Waals surface area contributed by atoms with E-state index in [4.69, 9.17) is 4.74 Å². The fraction of sp³-hybridized carbons (Fsp3) is 0.350. The number of nitrogens with zero attached hydrogens (tertiary/aromatic N) is 1. The minimum Gasteiger partial charge on any atom is -0.491 e. The smallest absolute Gasteiger partial charge is 0.416 e. The summed E-state index contributed by atoms with van der Waals surface area (Å²) in [4.78, 5) is 12.2. The van der Waals surface area contributed by atoms with Crippen LogP contribution in [0.3, 0.4) is 0 Å². The second-order valence-corrected chi connectivity index (χ2v) is 8.69. The first-order valence-corrected chi connectivity index (χ1v) is 10.8. The Labute approximate surface area is 173 Å². The van der Waals surface area contributed by atoms with Gasteiger partial charge in [0, 0.05) is 0 Å². The van der Waals surface area contributed by atoms with E-state index in [-0.39, 0.29) is 18.8 Å². The molecule has 1 N–H and O–H groups in total. The molecule has 6 nitrogen and oxygen atoms in total. The van der Waals surface area contributed by atoms with E-state index in [1.807, 2.05) is 32.0 Å². The second-order valence-electron chi connectivity index (χ2n) is 6.78. The van der Waals surface area contributed by atoms with E-state index in [1.165, 1.54) is 0 Å². The summed E-state index contributed by atoms with van der Waals surface area (Å²) in [5.41, 5.74) is 1.03. The highest BCUT2D eigenvalue weighted by atomic mass is 32.2. The number of anilines is 1. The van der Waals surface area contributed by atoms with Gasteiger partial charge in [0.15, 0.2) is 0 Å². The van der Waals surface area contributed by atoms with E-state index in [9.17, 15) is 26.4 Å². The summed E-state index contributed by atoms with van der Waals surface area (Å²) in [7, 11) is -3.89. The maximum Gasteiger partial charge on any atom is 0.416 e. The van der Waals surface area contributed by atoms with E-state index in [0.29, 0.717) is 5.75 Å². The molecular weight excluding hydrogens is 421 g/mol. The third-order valence-electron chi connectivity index (χ3n) is 4.20. The Morgan fingerprint density at radius 3 is 2.30 bits per heavy atom. The number of nitrogens with one attached hydrogen (secondary N) is 1. The number of sulfonamides is 1. The number of ether oxygens (including phenoxy) is 1. The van der Waals surface area contributed by atoms with E-state index in [0.717, 1.165) is 46.0 Å². The van der Waals surface area contributed by atoms with Crippen molar-refractivity contribution in [2.24, 2.45) is 0 Å². The number of hydrogen-bond donors (Lipinski definition) is 1. The van der Waals surface area contributed by atoms with Gasteiger partial charge >= 0.3 is 6.18 Å². The molecule has 0 spiro atoms. The molecule has 1 amide bonds. The highest BCUT2D eigenvalue weighted by Gasteiger charge is 2.30. The van der Waals surface area contributed by atoms with Gasteiger partial charge in [0.2, 0.25) is 15.9 Å². The number of carbonyl (C=O) groups excluding carboxylic acids is 1. The molecule has 2 aromatic carbocycles. The van der Waals surface area contributed by atoms with Crippen molar-refractivity contribution in [3.05, 3.63) is 59.2 Å². The van der Waals surface area contributed by atoms with Gasteiger partial charge in [-0.1, -0.05) is 12.1 Å². The summed E-state index contributed by atoms with van der Waals surface area (Å²) in [6.07, 6.45) is -3.66. The largest absolute Gasteiger partial charge is 0.491 e. The van der Waals surface area contributed by atoms with Crippen LogP contribution in [-0.4, -0.2) is 40.3 Å². The molecule has 0 atom stereocenters. The molecule has 10 heteroatoms. The lowest BCUT2D eigenvalue weighted by atomic mass is 10.1. The van der Waals surface area contributed by atoms with Crippen molar-refractivity contribution in [2.75, 3.05) is 30.3 Å². The third-order valence-corrected chi connectivity index (χ3v) is 5.34. The fourth-order valence-corrected chi connectivity index (χ4v) is 3.47. The predicted molar refractivity (Wildman–Crippen MR) is 108 cm³/mol. The van der Waals surface area contributed by atoms with E-state index < -0.39 is 34.2 Å². The first-order chi connectivity index (χ1) is 13.9. The molecule has 0 bridgehead atoms. The van der Waals surface area contributed by atoms with Gasteiger partial charge < -0.3 is 10.1 Å². The highest BCUT2D eigenvalue weighted by molar-refractivity contribution is 7.92. The van der Waals surface area contributed by atoms with Crippen LogP contribution in [0.1, 0.15) is 16.7 Å². The van der Waals surface area contributed by atoms with Crippen molar-refractivity contribution in [1.29, 1.82) is 0 Å². The van der Waals surface area contributed by atoms with Crippen LogP contribution in [0.4, 0.5) is 18.9 Å². The molecule has 0 aliphatic rings. The third kappa shape index (κ3) is 6.65. The summed E-state index contributed by atoms with van der Waals surface area (Å²) >= 11 is 0. The summed E-state index contributed by atoms with van der Waals surface area (Å²) < 4.78 is 68.5. The molecule has 30 heavy (non-hydrogen) atoms. The minimum absolute atomic E-state index is 0.0349. The lowest BCUT2D eigenvalue weighted by Gasteiger charge is -2.22. The molecule has 2 rings (SSSR count). The van der Waals surface area contributed by atoms with Crippen LogP contribution >= 0.6 is 0 Å². The zero-order valence-corrected chi connectivity index (χ0v) is 17.6. The Morgan fingerprint density at radius 1 is 1.10 bits per heavy atom. The first kappa shape index (κ1) is 23.5. The molecule has 0 aromatic heterocycles. The Kier molecular flexibility index (Phi) is 7.35. The van der Waals surface area contributed by atoms with Gasteiger partial charge in [0.25, 0.3) is 0 Å². The molecule has 0 fully saturated rings. The highest BCUT2D eigenvalue weighted by Crippen LogP contribution is 2.30. The molecular formula is C20H23F3N2O4S. The second kappa shape index (κ2) is 9.38. The molecule has 0 saturated heterocycles. The molecule has 0 aliphatic carbocycles. The van der Waals surface area contributed by atoms with E-state index >= 15 is 0 Å². The quantitative estimate of drug-likeness (QED) is 0.634. The standard InChI is InChI=1S/C20H23F3N2O4S/c1-14-4-5-15(2)18(12-14)29-11-10-24-19(26)13-25(30(3,27)28)17-8-6-16(7-9-17)20(21,22)23/h4-9,12H,10-11,13H2,1-3H3,(H,24,26). The number of alkyl halides is 3. The Bertz CT molecular complexity index is 990. The monoisotopic (exact) mass is 444 g/mol. The van der Waals surface area contributed by atoms with Crippen molar-refractivity contribution in [3.63, 3.8) is 0 Å². The van der Waals surface area contributed by atoms with Crippen LogP contribution in [0, 0.1) is 13.8 Å². The Morgan fingerprint density at radius 2 is 1.73 bits per heavy atom. The zero-order chi connectivity index (χ0) is 22.5. The van der Waals surface area contributed by atoms with Gasteiger partial charge in [-0.05, 0) is 55.3 Å². The predicted octanol–water partition coefficient (Wildman–Crippen LogP) is 3.28. The van der Waals surface area contributed by atoms with Crippen LogP contribution in [-0.2, 0) is 21.0 Å². The summed E-state index contributed by atoms with van der Waals surface area (Å²) in [6.45, 7) is 3.57. The average Bonchev–Trinajstić information content (AvgIpc) is 2.64. The molecule has 0 aliphatic heterocycles. The molecule has 0 heterocycles. The SMILES string of the molecule is Cc1ccc(C)c(OCCNC(=O)CN(c2ccc(C(F)(F)F)cc2)S(C)(=O)=O)c1. The lowest BCUT2D eigenvalue weighted by Crippen LogP contribution is -2.41. The summed E-state index contributed by atoms with van der Waals surface area (Å²) in [5, 5.41) is 2.54. The average molecular weight is 444 g/mol. The van der Waals surface area contributed by atoms with Gasteiger partial charge in [0.1, 0.15) is 18.9 Å². The number of amides is 1. The van der Waals surface area contributed by atoms with Crippen molar-refractivity contribution in [3.8, 4) is 5.75 Å². The maximum atomic E-state index is 12.7. The fourth-order valence-electron chi connectivity index (χ4n) is 2.62. The Hall–Kier alpha value is -2.75. The van der Waals surface area contributed by atoms with Crippen LogP contribution in [0.25, 0.3) is 0 Å². The van der Waals surface area contributed by atoms with Crippen LogP contribution in [0.5, 0.6) is 5.75 Å². The van der Waals surface area contributed by atoms with Gasteiger partial charge in [-0.2, -0.15) is 13.2 Å². The summed E-state index contributed by atoms with van der Waals surface area (Å²) in [6, 6.07) is 9.30. The number of benzene rings is 2. The number of carbonyl (C=O) groups is 1. The normalized spacial score (nSPS) is 11.8. The van der Waals surface area contributed by atoms with Crippen molar-refractivity contribution in [1.82, 2.24) is 5.32 Å². The lowest BCUT2D eigenvalue weighted by molar-refractivity contribution is -0.137. The number of hydrogen-bond acceptors (Lipinski definition) is 4. The van der Waals surface area contributed by atoms with Gasteiger partial charge in [-0.3, -0.25) is 9.10 Å². The van der Waals surface area contributed by atoms with Crippen LogP contribution in [0.15, 0.2) is 42.5 Å². The molecule has 2 aromatic rings. The van der Waals surface area contributed by atoms with Crippen molar-refractivity contribution < 1.29 is 31.1 Å². The zero-order valence-electron chi connectivity index (χ0n) is 16.8. The van der Waals surface area contributed by atoms with Crippen LogP contribution in [0.2, 0.25) is 0 Å². The van der Waals surface area contributed by atoms with Gasteiger partial charge in [-0.25, -0.2) is 8.42 Å². The van der Waals surface area contributed by atoms with E-state index in [2.05, 4.69) is 5.32 Å². The van der Waals surface area contributed by atoms with Gasteiger partial charge in [-0.15, -0.1) is 0 Å². The number of halogens is 3. The van der Waals surface area contributed by atoms with Crippen molar-refractivity contribution >= 4 is 21.6 Å². The summed E-state index contributed by atoms with van der Waals surface area (Å²) in [5.74, 6) is 0.0802.